The lowest BCUT2D eigenvalue weighted by Gasteiger charge is -2.29. The summed E-state index contributed by atoms with van der Waals surface area (Å²) in [4.78, 5) is 31.2. The van der Waals surface area contributed by atoms with Gasteiger partial charge in [-0.2, -0.15) is 0 Å². The van der Waals surface area contributed by atoms with Gasteiger partial charge >= 0.3 is 0 Å². The van der Waals surface area contributed by atoms with Gasteiger partial charge in [-0.05, 0) is 81.0 Å². The maximum Gasteiger partial charge on any atom is 0.252 e. The van der Waals surface area contributed by atoms with Crippen molar-refractivity contribution in [3.63, 3.8) is 0 Å². The van der Waals surface area contributed by atoms with Gasteiger partial charge in [-0.3, -0.25) is 9.59 Å². The average molecular weight is 715 g/mol. The van der Waals surface area contributed by atoms with E-state index in [1.807, 2.05) is 68.4 Å². The van der Waals surface area contributed by atoms with E-state index in [4.69, 9.17) is 40.3 Å². The van der Waals surface area contributed by atoms with E-state index < -0.39 is 11.8 Å². The topological polar surface area (TPSA) is 226 Å². The summed E-state index contributed by atoms with van der Waals surface area (Å²) in [5, 5.41) is 10.1. The number of aryl methyl sites for hydroxylation is 2. The predicted octanol–water partition coefficient (Wildman–Crippen LogP) is 6.02. The molecule has 0 radical (unpaired) electrons. The van der Waals surface area contributed by atoms with Crippen LogP contribution in [0, 0.1) is 13.8 Å². The first-order chi connectivity index (χ1) is 24.4. The van der Waals surface area contributed by atoms with Crippen molar-refractivity contribution >= 4 is 52.0 Å². The van der Waals surface area contributed by atoms with Crippen LogP contribution in [0.5, 0.6) is 0 Å². The summed E-state index contributed by atoms with van der Waals surface area (Å²) in [5.74, 6) is -0.361. The second-order valence-electron chi connectivity index (χ2n) is 13.2. The molecule has 6 rings (SSSR count). The molecule has 4 aromatic rings. The van der Waals surface area contributed by atoms with Crippen LogP contribution in [-0.4, -0.2) is 45.9 Å². The highest BCUT2D eigenvalue weighted by atomic mass is 35.5. The van der Waals surface area contributed by atoms with E-state index in [1.54, 1.807) is 6.07 Å². The van der Waals surface area contributed by atoms with Crippen molar-refractivity contribution in [1.29, 1.82) is 0 Å². The number of carbonyl (C=O) groups is 2. The SMILES string of the molecule is Cc1cccc(Nc2cc(Cl)ncc2C(N)=O)c1.Cc1cccc(Nc2cc(N[C@@H]3CCCC[C@@H]3N)ncc2C(N)=O)c1.N[C@@H]1CCCC[C@@H]1N. The highest BCUT2D eigenvalue weighted by molar-refractivity contribution is 6.29. The molecule has 2 fully saturated rings. The van der Waals surface area contributed by atoms with Crippen LogP contribution in [0.4, 0.5) is 28.6 Å². The summed E-state index contributed by atoms with van der Waals surface area (Å²) in [6.07, 6.45) is 12.1. The maximum absolute atomic E-state index is 11.7. The molecule has 0 unspecified atom stereocenters. The molecule has 51 heavy (non-hydrogen) atoms. The van der Waals surface area contributed by atoms with E-state index in [0.717, 1.165) is 48.2 Å². The summed E-state index contributed by atoms with van der Waals surface area (Å²) in [7, 11) is 0. The van der Waals surface area contributed by atoms with Gasteiger partial charge in [0.15, 0.2) is 0 Å². The molecule has 0 aliphatic heterocycles. The zero-order valence-electron chi connectivity index (χ0n) is 29.4. The first-order valence-electron chi connectivity index (χ1n) is 17.4. The molecule has 0 saturated heterocycles. The molecule has 13 heteroatoms. The molecule has 2 saturated carbocycles. The molecule has 12 nitrogen and oxygen atoms in total. The molecule has 4 atom stereocenters. The minimum atomic E-state index is -0.547. The Morgan fingerprint density at radius 2 is 1.14 bits per heavy atom. The smallest absolute Gasteiger partial charge is 0.252 e. The standard InChI is InChI=1S/C19H25N5O.C13H12ClN3O.C6H14N2/c1-12-5-4-6-13(9-12)23-17-10-18(22-11-14(17)19(21)25)24-16-8-3-2-7-15(16)20;1-8-3-2-4-9(5-8)17-11-6-12(14)16-7-10(11)13(15)18;7-5-3-1-2-4-6(5)8/h4-6,9-11,15-16H,2-3,7-8,20H2,1H3,(H2,21,25)(H2,22,23,24);2-7H,1H3,(H2,15,18)(H,16,17);5-6H,1-4,7-8H2/t15-,16+;;5-,6+/m0../s1. The van der Waals surface area contributed by atoms with Crippen LogP contribution < -0.4 is 44.6 Å². The number of benzene rings is 2. The van der Waals surface area contributed by atoms with Gasteiger partial charge in [0, 0.05) is 54.0 Å². The number of primary amides is 2. The van der Waals surface area contributed by atoms with Crippen LogP contribution >= 0.6 is 11.6 Å². The van der Waals surface area contributed by atoms with Gasteiger partial charge in [-0.25, -0.2) is 9.97 Å². The summed E-state index contributed by atoms with van der Waals surface area (Å²) in [5.41, 5.74) is 34.1. The molecule has 0 spiro atoms. The Morgan fingerprint density at radius 1 is 0.667 bits per heavy atom. The molecule has 13 N–H and O–H groups in total. The van der Waals surface area contributed by atoms with Crippen molar-refractivity contribution in [3.8, 4) is 0 Å². The van der Waals surface area contributed by atoms with Crippen LogP contribution in [0.15, 0.2) is 73.1 Å². The molecule has 272 valence electrons. The zero-order valence-corrected chi connectivity index (χ0v) is 30.1. The Hall–Kier alpha value is -4.75. The Morgan fingerprint density at radius 3 is 1.61 bits per heavy atom. The van der Waals surface area contributed by atoms with Crippen molar-refractivity contribution in [1.82, 2.24) is 9.97 Å². The van der Waals surface area contributed by atoms with Gasteiger partial charge in [0.2, 0.25) is 0 Å². The minimum absolute atomic E-state index is 0.125. The molecule has 2 aromatic heterocycles. The van der Waals surface area contributed by atoms with Crippen LogP contribution in [-0.2, 0) is 0 Å². The molecular formula is C38H51ClN10O2. The van der Waals surface area contributed by atoms with Gasteiger partial charge in [-0.15, -0.1) is 0 Å². The van der Waals surface area contributed by atoms with Crippen LogP contribution in [0.1, 0.15) is 83.2 Å². The maximum atomic E-state index is 11.7. The van der Waals surface area contributed by atoms with Crippen molar-refractivity contribution in [3.05, 3.63) is 100 Å². The van der Waals surface area contributed by atoms with E-state index in [1.165, 1.54) is 38.1 Å². The van der Waals surface area contributed by atoms with E-state index in [2.05, 4.69) is 25.9 Å². The van der Waals surface area contributed by atoms with Crippen LogP contribution in [0.3, 0.4) is 0 Å². The van der Waals surface area contributed by atoms with E-state index in [0.29, 0.717) is 33.5 Å². The Bertz CT molecular complexity index is 1760. The fourth-order valence-corrected chi connectivity index (χ4v) is 6.20. The lowest BCUT2D eigenvalue weighted by molar-refractivity contribution is 0.0992. The number of amides is 2. The van der Waals surface area contributed by atoms with Crippen LogP contribution in [0.2, 0.25) is 5.15 Å². The monoisotopic (exact) mass is 714 g/mol. The lowest BCUT2D eigenvalue weighted by atomic mass is 9.91. The lowest BCUT2D eigenvalue weighted by Crippen LogP contribution is -2.43. The highest BCUT2D eigenvalue weighted by Crippen LogP contribution is 2.27. The Labute approximate surface area is 305 Å². The van der Waals surface area contributed by atoms with Gasteiger partial charge in [0.1, 0.15) is 11.0 Å². The van der Waals surface area contributed by atoms with Gasteiger partial charge < -0.3 is 44.6 Å². The number of rotatable bonds is 8. The number of anilines is 5. The molecule has 2 amide bonds. The van der Waals surface area contributed by atoms with Gasteiger partial charge in [-0.1, -0.05) is 61.5 Å². The zero-order chi connectivity index (χ0) is 36.9. The average Bonchev–Trinajstić information content (AvgIpc) is 3.08. The van der Waals surface area contributed by atoms with Crippen molar-refractivity contribution in [2.45, 2.75) is 89.4 Å². The third-order valence-electron chi connectivity index (χ3n) is 8.93. The summed E-state index contributed by atoms with van der Waals surface area (Å²) in [6.45, 7) is 4.00. The number of nitrogens with two attached hydrogens (primary N) is 5. The third-order valence-corrected chi connectivity index (χ3v) is 9.13. The Kier molecular flexibility index (Phi) is 14.6. The summed E-state index contributed by atoms with van der Waals surface area (Å²) >= 11 is 5.82. The highest BCUT2D eigenvalue weighted by Gasteiger charge is 2.22. The van der Waals surface area contributed by atoms with Crippen LogP contribution in [0.25, 0.3) is 0 Å². The quantitative estimate of drug-likeness (QED) is 0.0991. The first-order valence-corrected chi connectivity index (χ1v) is 17.7. The number of halogens is 1. The number of pyridine rings is 2. The molecular weight excluding hydrogens is 664 g/mol. The predicted molar refractivity (Wildman–Crippen MR) is 208 cm³/mol. The molecule has 2 aliphatic carbocycles. The number of hydrogen-bond acceptors (Lipinski definition) is 10. The second kappa shape index (κ2) is 19.0. The normalized spacial score (nSPS) is 19.6. The van der Waals surface area contributed by atoms with E-state index >= 15 is 0 Å². The molecule has 2 heterocycles. The third kappa shape index (κ3) is 12.2. The number of aromatic nitrogens is 2. The number of nitrogens with zero attached hydrogens (tertiary/aromatic N) is 2. The van der Waals surface area contributed by atoms with Crippen molar-refractivity contribution < 1.29 is 9.59 Å². The molecule has 2 aromatic carbocycles. The minimum Gasteiger partial charge on any atom is -0.366 e. The fourth-order valence-electron chi connectivity index (χ4n) is 6.04. The largest absolute Gasteiger partial charge is 0.366 e. The van der Waals surface area contributed by atoms with E-state index in [9.17, 15) is 9.59 Å². The van der Waals surface area contributed by atoms with Gasteiger partial charge in [0.25, 0.3) is 11.8 Å². The van der Waals surface area contributed by atoms with Crippen molar-refractivity contribution in [2.24, 2.45) is 28.7 Å². The number of carbonyl (C=O) groups excluding carboxylic acids is 2. The fraction of sp³-hybridized carbons (Fsp3) is 0.368. The van der Waals surface area contributed by atoms with Crippen molar-refractivity contribution in [2.75, 3.05) is 16.0 Å². The number of nitrogens with one attached hydrogen (secondary N) is 3. The van der Waals surface area contributed by atoms with Gasteiger partial charge in [0.05, 0.1) is 22.5 Å². The number of hydrogen-bond donors (Lipinski definition) is 8. The molecule has 2 aliphatic rings. The first kappa shape index (κ1) is 39.0. The summed E-state index contributed by atoms with van der Waals surface area (Å²) < 4.78 is 0. The molecule has 0 bridgehead atoms. The summed E-state index contributed by atoms with van der Waals surface area (Å²) in [6, 6.07) is 20.0. The van der Waals surface area contributed by atoms with E-state index in [-0.39, 0.29) is 24.2 Å². The Balaban J connectivity index is 0.000000194. The second-order valence-corrected chi connectivity index (χ2v) is 13.6.